The molecule has 0 saturated heterocycles. The lowest BCUT2D eigenvalue weighted by molar-refractivity contribution is 0.429. The molecule has 0 radical (unpaired) electrons. The molecule has 0 aliphatic carbocycles. The Kier molecular flexibility index (Phi) is 5.30. The molecule has 0 aliphatic heterocycles. The van der Waals surface area contributed by atoms with Gasteiger partial charge in [-0.05, 0) is 5.56 Å². The Bertz CT molecular complexity index is 1310. The van der Waals surface area contributed by atoms with Gasteiger partial charge in [-0.15, -0.1) is 16.9 Å². The maximum Gasteiger partial charge on any atom is 0.267 e. The topological polar surface area (TPSA) is 90.4 Å². The molecule has 2 aromatic heterocycles. The van der Waals surface area contributed by atoms with E-state index < -0.39 is 53.8 Å². The van der Waals surface area contributed by atoms with Crippen molar-refractivity contribution >= 4 is 38.1 Å². The molecule has 0 spiro atoms. The highest BCUT2D eigenvalue weighted by Crippen LogP contribution is 2.37. The lowest BCUT2D eigenvalue weighted by Crippen LogP contribution is -2.12. The summed E-state index contributed by atoms with van der Waals surface area (Å²) in [6.07, 6.45) is 0.956. The average Bonchev–Trinajstić information content (AvgIpc) is 3.27. The molecule has 4 rings (SSSR count). The molecule has 6 nitrogen and oxygen atoms in total. The molecule has 4 aromatic rings. The zero-order valence-corrected chi connectivity index (χ0v) is 17.1. The van der Waals surface area contributed by atoms with Crippen LogP contribution in [0.3, 0.4) is 0 Å². The normalized spacial score (nSPS) is 12.0. The number of thioether (sulfide) groups is 1. The summed E-state index contributed by atoms with van der Waals surface area (Å²) >= 11 is 1.16. The van der Waals surface area contributed by atoms with E-state index in [1.54, 1.807) is 30.3 Å². The van der Waals surface area contributed by atoms with Gasteiger partial charge in [-0.25, -0.2) is 40.6 Å². The van der Waals surface area contributed by atoms with Crippen LogP contribution in [0, 0.1) is 23.3 Å². The molecule has 0 saturated carbocycles. The Morgan fingerprint density at radius 3 is 2.23 bits per heavy atom. The summed E-state index contributed by atoms with van der Waals surface area (Å²) in [5.74, 6) is -6.20. The minimum absolute atomic E-state index is 0.0730. The molecule has 2 heterocycles. The van der Waals surface area contributed by atoms with Crippen molar-refractivity contribution in [1.82, 2.24) is 14.6 Å². The van der Waals surface area contributed by atoms with Gasteiger partial charge in [0.25, 0.3) is 10.0 Å². The minimum atomic E-state index is -4.10. The summed E-state index contributed by atoms with van der Waals surface area (Å²) < 4.78 is 81.5. The number of sulfonamides is 1. The van der Waals surface area contributed by atoms with E-state index in [2.05, 4.69) is 10.1 Å². The number of hydrogen-bond acceptors (Lipinski definition) is 6. The summed E-state index contributed by atoms with van der Waals surface area (Å²) in [5, 5.41) is 8.60. The zero-order chi connectivity index (χ0) is 21.6. The lowest BCUT2D eigenvalue weighted by atomic mass is 10.1. The van der Waals surface area contributed by atoms with E-state index in [4.69, 9.17) is 5.14 Å². The number of primary sulfonamides is 1. The van der Waals surface area contributed by atoms with E-state index in [0.717, 1.165) is 16.3 Å². The SMILES string of the molecule is NS(=O)(=O)c1nn2cc(-c3c(F)c(F)c(SCc4ccccc4)c(F)c3F)nc2s1. The van der Waals surface area contributed by atoms with Crippen molar-refractivity contribution in [2.24, 2.45) is 5.14 Å². The van der Waals surface area contributed by atoms with Crippen LogP contribution in [-0.2, 0) is 15.8 Å². The molecule has 2 N–H and O–H groups in total. The number of rotatable bonds is 5. The predicted molar refractivity (Wildman–Crippen MR) is 104 cm³/mol. The minimum Gasteiger partial charge on any atom is -0.223 e. The quantitative estimate of drug-likeness (QED) is 0.269. The molecule has 0 atom stereocenters. The van der Waals surface area contributed by atoms with E-state index in [-0.39, 0.29) is 10.7 Å². The van der Waals surface area contributed by atoms with Crippen LogP contribution < -0.4 is 5.14 Å². The van der Waals surface area contributed by atoms with E-state index in [1.807, 2.05) is 0 Å². The second-order valence-electron chi connectivity index (χ2n) is 6.00. The first-order valence-corrected chi connectivity index (χ1v) is 11.4. The number of aromatic nitrogens is 3. The maximum absolute atomic E-state index is 14.6. The molecule has 0 amide bonds. The standard InChI is InChI=1S/C17H10F4N4O2S3/c18-11-10(9-6-25-16(23-9)29-17(24-25)30(22,26)27)12(19)14(21)15(13(11)20)28-7-8-4-2-1-3-5-8/h1-6H,7H2,(H2,22,26,27). The number of halogens is 4. The first-order chi connectivity index (χ1) is 14.2. The van der Waals surface area contributed by atoms with Gasteiger partial charge in [-0.3, -0.25) is 0 Å². The van der Waals surface area contributed by atoms with E-state index in [0.29, 0.717) is 23.1 Å². The van der Waals surface area contributed by atoms with Crippen LogP contribution in [0.25, 0.3) is 16.2 Å². The Balaban J connectivity index is 1.74. The van der Waals surface area contributed by atoms with E-state index in [9.17, 15) is 26.0 Å². The Morgan fingerprint density at radius 1 is 1.03 bits per heavy atom. The highest BCUT2D eigenvalue weighted by molar-refractivity contribution is 7.98. The smallest absolute Gasteiger partial charge is 0.223 e. The van der Waals surface area contributed by atoms with Crippen molar-refractivity contribution in [2.75, 3.05) is 0 Å². The van der Waals surface area contributed by atoms with Crippen molar-refractivity contribution < 1.29 is 26.0 Å². The number of nitrogens with zero attached hydrogens (tertiary/aromatic N) is 3. The van der Waals surface area contributed by atoms with Crippen LogP contribution in [0.15, 0.2) is 45.8 Å². The van der Waals surface area contributed by atoms with Crippen molar-refractivity contribution in [3.8, 4) is 11.3 Å². The third kappa shape index (κ3) is 3.69. The monoisotopic (exact) mass is 474 g/mol. The van der Waals surface area contributed by atoms with Crippen LogP contribution in [0.2, 0.25) is 0 Å². The fourth-order valence-electron chi connectivity index (χ4n) is 2.61. The van der Waals surface area contributed by atoms with E-state index >= 15 is 0 Å². The Labute approximate surface area is 175 Å². The van der Waals surface area contributed by atoms with Crippen LogP contribution in [0.1, 0.15) is 5.56 Å². The van der Waals surface area contributed by atoms with Crippen LogP contribution in [0.4, 0.5) is 17.6 Å². The summed E-state index contributed by atoms with van der Waals surface area (Å²) in [6.45, 7) is 0. The zero-order valence-electron chi connectivity index (χ0n) is 14.6. The number of hydrogen-bond donors (Lipinski definition) is 1. The Morgan fingerprint density at radius 2 is 1.67 bits per heavy atom. The highest BCUT2D eigenvalue weighted by Gasteiger charge is 2.29. The number of fused-ring (bicyclic) bond motifs is 1. The summed E-state index contributed by atoms with van der Waals surface area (Å²) in [5.41, 5.74) is -0.733. The van der Waals surface area contributed by atoms with Crippen molar-refractivity contribution in [1.29, 1.82) is 0 Å². The molecule has 0 aliphatic rings. The van der Waals surface area contributed by atoms with Gasteiger partial charge in [-0.2, -0.15) is 0 Å². The maximum atomic E-state index is 14.6. The van der Waals surface area contributed by atoms with Crippen LogP contribution in [0.5, 0.6) is 0 Å². The van der Waals surface area contributed by atoms with Crippen LogP contribution in [-0.4, -0.2) is 23.0 Å². The third-order valence-corrected chi connectivity index (χ3v) is 7.33. The van der Waals surface area contributed by atoms with Gasteiger partial charge >= 0.3 is 0 Å². The molecular formula is C17H10F4N4O2S3. The number of benzene rings is 2. The second-order valence-corrected chi connectivity index (χ2v) is 9.68. The molecule has 156 valence electrons. The van der Waals surface area contributed by atoms with E-state index in [1.165, 1.54) is 0 Å². The first-order valence-electron chi connectivity index (χ1n) is 8.09. The predicted octanol–water partition coefficient (Wildman–Crippen LogP) is 3.95. The molecule has 0 bridgehead atoms. The second kappa shape index (κ2) is 7.65. The van der Waals surface area contributed by atoms with Gasteiger partial charge < -0.3 is 0 Å². The summed E-state index contributed by atoms with van der Waals surface area (Å²) in [4.78, 5) is 2.97. The summed E-state index contributed by atoms with van der Waals surface area (Å²) in [6, 6.07) is 8.65. The van der Waals surface area contributed by atoms with Gasteiger partial charge in [0.15, 0.2) is 23.3 Å². The molecule has 30 heavy (non-hydrogen) atoms. The Hall–Kier alpha value is -2.48. The molecule has 13 heteroatoms. The first kappa shape index (κ1) is 20.8. The van der Waals surface area contributed by atoms with Crippen molar-refractivity contribution in [2.45, 2.75) is 15.0 Å². The van der Waals surface area contributed by atoms with Gasteiger partial charge in [0.2, 0.25) is 9.30 Å². The van der Waals surface area contributed by atoms with Crippen molar-refractivity contribution in [3.63, 3.8) is 0 Å². The molecular weight excluding hydrogens is 464 g/mol. The van der Waals surface area contributed by atoms with Gasteiger partial charge in [0.05, 0.1) is 22.3 Å². The van der Waals surface area contributed by atoms with Gasteiger partial charge in [0, 0.05) is 5.75 Å². The van der Waals surface area contributed by atoms with Crippen LogP contribution >= 0.6 is 23.1 Å². The average molecular weight is 474 g/mol. The van der Waals surface area contributed by atoms with Gasteiger partial charge in [-0.1, -0.05) is 41.7 Å². The molecule has 0 unspecified atom stereocenters. The van der Waals surface area contributed by atoms with Gasteiger partial charge in [0.1, 0.15) is 0 Å². The highest BCUT2D eigenvalue weighted by atomic mass is 32.2. The van der Waals surface area contributed by atoms with Crippen molar-refractivity contribution in [3.05, 3.63) is 65.4 Å². The lowest BCUT2D eigenvalue weighted by Gasteiger charge is -2.10. The molecule has 2 aromatic carbocycles. The number of imidazole rings is 1. The fourth-order valence-corrected chi connectivity index (χ4v) is 5.05. The number of nitrogens with two attached hydrogens (primary N) is 1. The summed E-state index contributed by atoms with van der Waals surface area (Å²) in [7, 11) is -4.10. The largest absolute Gasteiger partial charge is 0.267 e. The third-order valence-electron chi connectivity index (χ3n) is 3.97. The fraction of sp³-hybridized carbons (Fsp3) is 0.0588. The molecule has 0 fully saturated rings.